The molecule has 2 aromatic rings. The van der Waals surface area contributed by atoms with Crippen molar-refractivity contribution in [1.29, 1.82) is 0 Å². The van der Waals surface area contributed by atoms with Gasteiger partial charge in [-0.05, 0) is 35.1 Å². The standard InChI is InChI=1S/C27H32N2O5S/c30-25(31)17-35-15-14-28-26(32)22-12-2-1-3-13-24(22)29-27(33)34-16-23-20-10-6-4-8-18(20)19-9-5-7-11-21(19)23/h4-11,22-24H,1-3,12-17H2,(H,28,32)(H,29,33)(H,30,31)/t22-,24+/m1/s1. The van der Waals surface area contributed by atoms with Crippen LogP contribution in [-0.2, 0) is 14.3 Å². The third kappa shape index (κ3) is 6.36. The number of hydrogen-bond acceptors (Lipinski definition) is 5. The van der Waals surface area contributed by atoms with Crippen molar-refractivity contribution in [2.45, 2.75) is 44.1 Å². The van der Waals surface area contributed by atoms with Crippen LogP contribution < -0.4 is 10.6 Å². The van der Waals surface area contributed by atoms with E-state index in [-0.39, 0.29) is 36.1 Å². The van der Waals surface area contributed by atoms with E-state index >= 15 is 0 Å². The Kier molecular flexibility index (Phi) is 8.69. The van der Waals surface area contributed by atoms with Crippen LogP contribution in [0.15, 0.2) is 48.5 Å². The number of carboxylic acid groups (broad SMARTS) is 1. The van der Waals surface area contributed by atoms with Crippen molar-refractivity contribution in [3.63, 3.8) is 0 Å². The molecule has 4 rings (SSSR count). The fraction of sp³-hybridized carbons (Fsp3) is 0.444. The number of aliphatic carboxylic acids is 1. The van der Waals surface area contributed by atoms with Crippen LogP contribution in [0.5, 0.6) is 0 Å². The van der Waals surface area contributed by atoms with Gasteiger partial charge in [-0.2, -0.15) is 0 Å². The highest BCUT2D eigenvalue weighted by Gasteiger charge is 2.32. The third-order valence-electron chi connectivity index (χ3n) is 6.77. The number of carboxylic acids is 1. The quantitative estimate of drug-likeness (QED) is 0.351. The summed E-state index contributed by atoms with van der Waals surface area (Å²) >= 11 is 1.27. The number of thioether (sulfide) groups is 1. The van der Waals surface area contributed by atoms with Gasteiger partial charge in [-0.25, -0.2) is 4.79 Å². The number of benzene rings is 2. The molecule has 0 aliphatic heterocycles. The lowest BCUT2D eigenvalue weighted by molar-refractivity contribution is -0.134. The Hall–Kier alpha value is -3.00. The van der Waals surface area contributed by atoms with Crippen LogP contribution in [-0.4, -0.2) is 53.8 Å². The number of alkyl carbamates (subject to hydrolysis) is 1. The summed E-state index contributed by atoms with van der Waals surface area (Å²) in [7, 11) is 0. The Balaban J connectivity index is 1.33. The van der Waals surface area contributed by atoms with E-state index in [1.165, 1.54) is 22.9 Å². The fourth-order valence-electron chi connectivity index (χ4n) is 5.12. The van der Waals surface area contributed by atoms with Gasteiger partial charge in [-0.1, -0.05) is 67.8 Å². The lowest BCUT2D eigenvalue weighted by atomic mass is 9.94. The molecule has 2 aliphatic rings. The van der Waals surface area contributed by atoms with Crippen molar-refractivity contribution in [2.75, 3.05) is 24.7 Å². The molecule has 2 aromatic carbocycles. The first-order chi connectivity index (χ1) is 17.0. The van der Waals surface area contributed by atoms with E-state index in [0.717, 1.165) is 36.8 Å². The maximum Gasteiger partial charge on any atom is 0.407 e. The molecule has 2 amide bonds. The number of fused-ring (bicyclic) bond motifs is 3. The molecule has 2 aliphatic carbocycles. The van der Waals surface area contributed by atoms with Gasteiger partial charge in [-0.15, -0.1) is 11.8 Å². The van der Waals surface area contributed by atoms with Gasteiger partial charge in [0.2, 0.25) is 5.91 Å². The fourth-order valence-corrected chi connectivity index (χ4v) is 5.69. The van der Waals surface area contributed by atoms with E-state index in [0.29, 0.717) is 18.7 Å². The molecule has 0 aromatic heterocycles. The lowest BCUT2D eigenvalue weighted by Crippen LogP contribution is -2.47. The first-order valence-electron chi connectivity index (χ1n) is 12.2. The van der Waals surface area contributed by atoms with Crippen LogP contribution in [0.2, 0.25) is 0 Å². The summed E-state index contributed by atoms with van der Waals surface area (Å²) in [6, 6.07) is 16.1. The first kappa shape index (κ1) is 25.1. The molecule has 7 nitrogen and oxygen atoms in total. The third-order valence-corrected chi connectivity index (χ3v) is 7.71. The van der Waals surface area contributed by atoms with Gasteiger partial charge in [-0.3, -0.25) is 9.59 Å². The maximum absolute atomic E-state index is 12.9. The number of carbonyl (C=O) groups is 3. The molecule has 1 fully saturated rings. The molecule has 2 atom stereocenters. The summed E-state index contributed by atoms with van der Waals surface area (Å²) in [4.78, 5) is 36.3. The lowest BCUT2D eigenvalue weighted by Gasteiger charge is -2.25. The Labute approximate surface area is 210 Å². The van der Waals surface area contributed by atoms with E-state index in [1.54, 1.807) is 0 Å². The number of nitrogens with one attached hydrogen (secondary N) is 2. The predicted molar refractivity (Wildman–Crippen MR) is 137 cm³/mol. The minimum Gasteiger partial charge on any atom is -0.481 e. The summed E-state index contributed by atoms with van der Waals surface area (Å²) in [6.45, 7) is 0.648. The number of hydrogen-bond donors (Lipinski definition) is 3. The summed E-state index contributed by atoms with van der Waals surface area (Å²) in [5.74, 6) is -0.725. The molecule has 186 valence electrons. The zero-order valence-electron chi connectivity index (χ0n) is 19.7. The van der Waals surface area contributed by atoms with Crippen LogP contribution in [0.25, 0.3) is 11.1 Å². The first-order valence-corrected chi connectivity index (χ1v) is 13.4. The van der Waals surface area contributed by atoms with E-state index in [1.807, 2.05) is 24.3 Å². The molecule has 0 unspecified atom stereocenters. The zero-order valence-corrected chi connectivity index (χ0v) is 20.5. The van der Waals surface area contributed by atoms with Gasteiger partial charge in [0.1, 0.15) is 6.61 Å². The summed E-state index contributed by atoms with van der Waals surface area (Å²) in [6.07, 6.45) is 3.87. The van der Waals surface area contributed by atoms with Gasteiger partial charge < -0.3 is 20.5 Å². The van der Waals surface area contributed by atoms with Crippen LogP contribution in [0.1, 0.15) is 49.1 Å². The number of ether oxygens (including phenoxy) is 1. The predicted octanol–water partition coefficient (Wildman–Crippen LogP) is 4.41. The summed E-state index contributed by atoms with van der Waals surface area (Å²) in [5, 5.41) is 14.6. The van der Waals surface area contributed by atoms with Crippen molar-refractivity contribution in [3.8, 4) is 11.1 Å². The average Bonchev–Trinajstić information content (AvgIpc) is 2.98. The van der Waals surface area contributed by atoms with Crippen LogP contribution in [0.3, 0.4) is 0 Å². The Morgan fingerprint density at radius 3 is 2.29 bits per heavy atom. The highest BCUT2D eigenvalue weighted by atomic mass is 32.2. The molecule has 1 saturated carbocycles. The summed E-state index contributed by atoms with van der Waals surface area (Å²) < 4.78 is 5.71. The topological polar surface area (TPSA) is 105 Å². The van der Waals surface area contributed by atoms with E-state index < -0.39 is 12.1 Å². The largest absolute Gasteiger partial charge is 0.481 e. The van der Waals surface area contributed by atoms with Crippen molar-refractivity contribution >= 4 is 29.7 Å². The zero-order chi connectivity index (χ0) is 24.6. The molecule has 8 heteroatoms. The Bertz CT molecular complexity index is 1010. The smallest absolute Gasteiger partial charge is 0.407 e. The normalized spacial score (nSPS) is 19.2. The second-order valence-electron chi connectivity index (χ2n) is 9.06. The van der Waals surface area contributed by atoms with Crippen LogP contribution >= 0.6 is 11.8 Å². The van der Waals surface area contributed by atoms with Crippen molar-refractivity contribution < 1.29 is 24.2 Å². The SMILES string of the molecule is O=C(O)CSCCNC(=O)[C@@H]1CCCCC[C@@H]1NC(=O)OCC1c2ccccc2-c2ccccc21. The number of rotatable bonds is 9. The Morgan fingerprint density at radius 1 is 0.943 bits per heavy atom. The second-order valence-corrected chi connectivity index (χ2v) is 10.2. The van der Waals surface area contributed by atoms with Crippen molar-refractivity contribution in [3.05, 3.63) is 59.7 Å². The maximum atomic E-state index is 12.9. The average molecular weight is 497 g/mol. The molecular formula is C27H32N2O5S. The van der Waals surface area contributed by atoms with Gasteiger partial charge in [0.15, 0.2) is 0 Å². The summed E-state index contributed by atoms with van der Waals surface area (Å²) in [5.41, 5.74) is 4.68. The molecule has 0 heterocycles. The monoisotopic (exact) mass is 496 g/mol. The Morgan fingerprint density at radius 2 is 1.60 bits per heavy atom. The van der Waals surface area contributed by atoms with Crippen LogP contribution in [0, 0.1) is 5.92 Å². The van der Waals surface area contributed by atoms with Gasteiger partial charge in [0, 0.05) is 24.3 Å². The second kappa shape index (κ2) is 12.1. The van der Waals surface area contributed by atoms with Gasteiger partial charge in [0.05, 0.1) is 11.7 Å². The molecule has 0 saturated heterocycles. The minimum absolute atomic E-state index is 0.00955. The molecule has 0 radical (unpaired) electrons. The minimum atomic E-state index is -0.863. The number of amides is 2. The highest BCUT2D eigenvalue weighted by Crippen LogP contribution is 2.44. The molecular weight excluding hydrogens is 464 g/mol. The molecule has 35 heavy (non-hydrogen) atoms. The van der Waals surface area contributed by atoms with E-state index in [4.69, 9.17) is 9.84 Å². The van der Waals surface area contributed by atoms with E-state index in [9.17, 15) is 14.4 Å². The van der Waals surface area contributed by atoms with Gasteiger partial charge >= 0.3 is 12.1 Å². The van der Waals surface area contributed by atoms with Crippen molar-refractivity contribution in [2.24, 2.45) is 5.92 Å². The number of carbonyl (C=O) groups excluding carboxylic acids is 2. The highest BCUT2D eigenvalue weighted by molar-refractivity contribution is 7.99. The van der Waals surface area contributed by atoms with E-state index in [2.05, 4.69) is 34.9 Å². The van der Waals surface area contributed by atoms with Crippen LogP contribution in [0.4, 0.5) is 4.79 Å². The molecule has 0 spiro atoms. The molecule has 3 N–H and O–H groups in total. The van der Waals surface area contributed by atoms with Gasteiger partial charge in [0.25, 0.3) is 0 Å². The van der Waals surface area contributed by atoms with Crippen molar-refractivity contribution in [1.82, 2.24) is 10.6 Å². The molecule has 0 bridgehead atoms.